The topological polar surface area (TPSA) is 85.1 Å². The van der Waals surface area contributed by atoms with E-state index in [0.717, 1.165) is 12.3 Å². The van der Waals surface area contributed by atoms with E-state index in [4.69, 9.17) is 11.6 Å². The van der Waals surface area contributed by atoms with Crippen LogP contribution in [-0.4, -0.2) is 22.4 Å². The highest BCUT2D eigenvalue weighted by Crippen LogP contribution is 2.18. The first-order chi connectivity index (χ1) is 8.56. The molecule has 0 spiro atoms. The molecule has 1 heterocycles. The molecular formula is C11H12ClN3O3. The van der Waals surface area contributed by atoms with E-state index in [1.807, 2.05) is 19.1 Å². The number of hydrogen-bond acceptors (Lipinski definition) is 4. The zero-order valence-corrected chi connectivity index (χ0v) is 10.5. The number of carbonyl (C=O) groups is 1. The zero-order chi connectivity index (χ0) is 13.5. The maximum absolute atomic E-state index is 11.7. The van der Waals surface area contributed by atoms with Gasteiger partial charge < -0.3 is 5.32 Å². The first-order valence-corrected chi connectivity index (χ1v) is 5.63. The Bertz CT molecular complexity index is 488. The van der Waals surface area contributed by atoms with E-state index < -0.39 is 10.8 Å². The Balaban J connectivity index is 2.78. The molecule has 1 aromatic rings. The molecule has 0 saturated heterocycles. The minimum absolute atomic E-state index is 0.00587. The Labute approximate surface area is 109 Å². The van der Waals surface area contributed by atoms with E-state index in [0.29, 0.717) is 13.0 Å². The van der Waals surface area contributed by atoms with Crippen molar-refractivity contribution in [3.63, 3.8) is 0 Å². The molecule has 0 unspecified atom stereocenters. The summed E-state index contributed by atoms with van der Waals surface area (Å²) in [5.41, 5.74) is -0.260. The van der Waals surface area contributed by atoms with E-state index in [2.05, 4.69) is 10.3 Å². The van der Waals surface area contributed by atoms with Crippen molar-refractivity contribution in [3.05, 3.63) is 45.2 Å². The summed E-state index contributed by atoms with van der Waals surface area (Å²) >= 11 is 5.73. The van der Waals surface area contributed by atoms with Crippen LogP contribution >= 0.6 is 11.6 Å². The van der Waals surface area contributed by atoms with Crippen LogP contribution in [0.2, 0.25) is 5.15 Å². The maximum atomic E-state index is 11.7. The highest BCUT2D eigenvalue weighted by molar-refractivity contribution is 6.32. The van der Waals surface area contributed by atoms with Crippen molar-refractivity contribution in [1.82, 2.24) is 10.3 Å². The van der Waals surface area contributed by atoms with Crippen molar-refractivity contribution in [2.75, 3.05) is 6.54 Å². The molecule has 0 radical (unpaired) electrons. The van der Waals surface area contributed by atoms with Crippen LogP contribution in [0, 0.1) is 10.1 Å². The molecule has 0 aliphatic rings. The molecule has 0 bridgehead atoms. The molecule has 0 fully saturated rings. The highest BCUT2D eigenvalue weighted by atomic mass is 35.5. The van der Waals surface area contributed by atoms with Crippen LogP contribution in [0.3, 0.4) is 0 Å². The summed E-state index contributed by atoms with van der Waals surface area (Å²) in [6, 6.07) is 1.11. The second-order valence-corrected chi connectivity index (χ2v) is 3.76. The molecule has 1 rings (SSSR count). The average molecular weight is 270 g/mol. The number of carbonyl (C=O) groups excluding carboxylic acids is 1. The van der Waals surface area contributed by atoms with Gasteiger partial charge in [0, 0.05) is 12.6 Å². The van der Waals surface area contributed by atoms with Crippen LogP contribution in [0.1, 0.15) is 23.7 Å². The Hall–Kier alpha value is -1.95. The number of pyridine rings is 1. The molecule has 6 nitrogen and oxygen atoms in total. The molecule has 18 heavy (non-hydrogen) atoms. The normalized spacial score (nSPS) is 10.6. The van der Waals surface area contributed by atoms with Crippen LogP contribution in [0.4, 0.5) is 5.69 Å². The van der Waals surface area contributed by atoms with Gasteiger partial charge in [-0.1, -0.05) is 23.8 Å². The summed E-state index contributed by atoms with van der Waals surface area (Å²) in [5.74, 6) is -0.472. The minimum Gasteiger partial charge on any atom is -0.352 e. The standard InChI is InChI=1S/C11H12ClN3O3/c1-2-3-4-5-13-11(16)9-6-8(15(17)18)7-14-10(9)12/h2-3,6-7H,4-5H2,1H3,(H,13,16)/b3-2+. The van der Waals surface area contributed by atoms with E-state index in [-0.39, 0.29) is 16.4 Å². The molecule has 1 amide bonds. The van der Waals surface area contributed by atoms with Crippen molar-refractivity contribution in [1.29, 1.82) is 0 Å². The Morgan fingerprint density at radius 1 is 1.67 bits per heavy atom. The molecule has 0 saturated carbocycles. The fourth-order valence-electron chi connectivity index (χ4n) is 1.23. The lowest BCUT2D eigenvalue weighted by Crippen LogP contribution is -2.24. The first-order valence-electron chi connectivity index (χ1n) is 5.25. The van der Waals surface area contributed by atoms with Gasteiger partial charge in [-0.2, -0.15) is 0 Å². The summed E-state index contributed by atoms with van der Waals surface area (Å²) in [7, 11) is 0. The summed E-state index contributed by atoms with van der Waals surface area (Å²) in [5, 5.41) is 13.1. The third-order valence-corrected chi connectivity index (χ3v) is 2.41. The molecule has 0 aliphatic carbocycles. The van der Waals surface area contributed by atoms with Gasteiger partial charge in [0.2, 0.25) is 0 Å². The van der Waals surface area contributed by atoms with Gasteiger partial charge in [0.05, 0.1) is 10.5 Å². The number of nitro groups is 1. The van der Waals surface area contributed by atoms with Gasteiger partial charge >= 0.3 is 0 Å². The largest absolute Gasteiger partial charge is 0.352 e. The number of aromatic nitrogens is 1. The van der Waals surface area contributed by atoms with Gasteiger partial charge in [0.15, 0.2) is 0 Å². The lowest BCUT2D eigenvalue weighted by molar-refractivity contribution is -0.385. The Kier molecular flexibility index (Phi) is 5.26. The summed E-state index contributed by atoms with van der Waals surface area (Å²) in [6.45, 7) is 2.31. The van der Waals surface area contributed by atoms with E-state index >= 15 is 0 Å². The van der Waals surface area contributed by atoms with Crippen LogP contribution < -0.4 is 5.32 Å². The van der Waals surface area contributed by atoms with Gasteiger partial charge in [-0.25, -0.2) is 4.98 Å². The van der Waals surface area contributed by atoms with Gasteiger partial charge in [-0.05, 0) is 13.3 Å². The fraction of sp³-hybridized carbons (Fsp3) is 0.273. The van der Waals surface area contributed by atoms with Crippen molar-refractivity contribution < 1.29 is 9.72 Å². The summed E-state index contributed by atoms with van der Waals surface area (Å²) < 4.78 is 0. The third kappa shape index (κ3) is 3.81. The summed E-state index contributed by atoms with van der Waals surface area (Å²) in [4.78, 5) is 25.3. The Morgan fingerprint density at radius 3 is 3.00 bits per heavy atom. The zero-order valence-electron chi connectivity index (χ0n) is 9.72. The van der Waals surface area contributed by atoms with E-state index in [1.165, 1.54) is 0 Å². The maximum Gasteiger partial charge on any atom is 0.288 e. The molecule has 1 aromatic heterocycles. The third-order valence-electron chi connectivity index (χ3n) is 2.11. The molecule has 0 atom stereocenters. The van der Waals surface area contributed by atoms with Gasteiger partial charge in [-0.3, -0.25) is 14.9 Å². The second kappa shape index (κ2) is 6.70. The molecule has 7 heteroatoms. The number of amides is 1. The van der Waals surface area contributed by atoms with Crippen LogP contribution in [0.5, 0.6) is 0 Å². The number of nitrogens with one attached hydrogen (secondary N) is 1. The number of nitrogens with zero attached hydrogens (tertiary/aromatic N) is 2. The van der Waals surface area contributed by atoms with Crippen LogP contribution in [-0.2, 0) is 0 Å². The number of hydrogen-bond donors (Lipinski definition) is 1. The van der Waals surface area contributed by atoms with Gasteiger partial charge in [0.25, 0.3) is 11.6 Å². The number of allylic oxidation sites excluding steroid dienone is 1. The van der Waals surface area contributed by atoms with Crippen molar-refractivity contribution in [3.8, 4) is 0 Å². The minimum atomic E-state index is -0.625. The summed E-state index contributed by atoms with van der Waals surface area (Å²) in [6.07, 6.45) is 5.46. The number of halogens is 1. The van der Waals surface area contributed by atoms with Crippen molar-refractivity contribution >= 4 is 23.2 Å². The lowest BCUT2D eigenvalue weighted by atomic mass is 10.2. The van der Waals surface area contributed by atoms with Gasteiger partial charge in [0.1, 0.15) is 11.3 Å². The SMILES string of the molecule is C/C=C/CCNC(=O)c1cc([N+](=O)[O-])cnc1Cl. The monoisotopic (exact) mass is 269 g/mol. The molecule has 96 valence electrons. The molecule has 1 N–H and O–H groups in total. The fourth-order valence-corrected chi connectivity index (χ4v) is 1.42. The number of rotatable bonds is 5. The van der Waals surface area contributed by atoms with E-state index in [1.54, 1.807) is 0 Å². The quantitative estimate of drug-likeness (QED) is 0.292. The van der Waals surface area contributed by atoms with Crippen LogP contribution in [0.25, 0.3) is 0 Å². The molecule has 0 aromatic carbocycles. The molecule has 0 aliphatic heterocycles. The first kappa shape index (κ1) is 14.1. The lowest BCUT2D eigenvalue weighted by Gasteiger charge is -2.04. The van der Waals surface area contributed by atoms with Crippen molar-refractivity contribution in [2.24, 2.45) is 0 Å². The average Bonchev–Trinajstić information content (AvgIpc) is 2.34. The van der Waals surface area contributed by atoms with Gasteiger partial charge in [-0.15, -0.1) is 0 Å². The predicted molar refractivity (Wildman–Crippen MR) is 67.7 cm³/mol. The van der Waals surface area contributed by atoms with Crippen LogP contribution in [0.15, 0.2) is 24.4 Å². The smallest absolute Gasteiger partial charge is 0.288 e. The van der Waals surface area contributed by atoms with E-state index in [9.17, 15) is 14.9 Å². The predicted octanol–water partition coefficient (Wildman–Crippen LogP) is 2.34. The Morgan fingerprint density at radius 2 is 2.39 bits per heavy atom. The van der Waals surface area contributed by atoms with Crippen molar-refractivity contribution in [2.45, 2.75) is 13.3 Å². The highest BCUT2D eigenvalue weighted by Gasteiger charge is 2.16. The molecular weight excluding hydrogens is 258 g/mol. The second-order valence-electron chi connectivity index (χ2n) is 3.40.